The van der Waals surface area contributed by atoms with Crippen LogP contribution < -0.4 is 0 Å². The molecule has 0 spiro atoms. The topological polar surface area (TPSA) is 71.2 Å². The van der Waals surface area contributed by atoms with Gasteiger partial charge in [0.15, 0.2) is 5.82 Å². The van der Waals surface area contributed by atoms with Gasteiger partial charge in [-0.25, -0.2) is 13.8 Å². The lowest BCUT2D eigenvalue weighted by molar-refractivity contribution is -0.263. The number of hydrogen-bond acceptors (Lipinski definition) is 4. The molecule has 1 aliphatic rings. The average Bonchev–Trinajstić information content (AvgIpc) is 3.19. The van der Waals surface area contributed by atoms with Crippen LogP contribution in [0, 0.1) is 11.6 Å². The van der Waals surface area contributed by atoms with E-state index in [-0.39, 0.29) is 29.9 Å². The molecular weight excluding hydrogens is 447 g/mol. The summed E-state index contributed by atoms with van der Waals surface area (Å²) in [6.07, 6.45) is -2.80. The maximum Gasteiger partial charge on any atom is 0.424 e. The Morgan fingerprint density at radius 1 is 1.12 bits per heavy atom. The van der Waals surface area contributed by atoms with Crippen LogP contribution in [0.4, 0.5) is 22.0 Å². The minimum absolute atomic E-state index is 0.0134. The maximum atomic E-state index is 14.3. The molecule has 2 atom stereocenters. The lowest BCUT2D eigenvalue weighted by Crippen LogP contribution is -2.45. The normalized spacial score (nSPS) is 18.1. The van der Waals surface area contributed by atoms with Gasteiger partial charge in [0.1, 0.15) is 11.6 Å². The summed E-state index contributed by atoms with van der Waals surface area (Å²) in [4.78, 5) is 22.2. The molecule has 0 aliphatic carbocycles. The number of nitrogens with zero attached hydrogens (tertiary/aromatic N) is 4. The molecule has 1 amide bonds. The predicted octanol–water partition coefficient (Wildman–Crippen LogP) is 4.21. The number of alkyl halides is 3. The van der Waals surface area contributed by atoms with Gasteiger partial charge in [0.05, 0.1) is 36.4 Å². The SMILES string of the molecule is C[C@H]1CN(C(=O)c2ccc(F)c(-c3ccc(F)cn3)c2)Cc2cnc([C@@](C)(O)C(F)(F)F)n21. The van der Waals surface area contributed by atoms with Crippen molar-refractivity contribution in [2.45, 2.75) is 38.2 Å². The Morgan fingerprint density at radius 3 is 2.48 bits per heavy atom. The van der Waals surface area contributed by atoms with Crippen LogP contribution >= 0.6 is 0 Å². The highest BCUT2D eigenvalue weighted by Crippen LogP contribution is 2.40. The molecule has 1 N–H and O–H groups in total. The fraction of sp³-hybridized carbons (Fsp3) is 0.318. The first-order chi connectivity index (χ1) is 15.4. The van der Waals surface area contributed by atoms with Gasteiger partial charge in [-0.05, 0) is 44.2 Å². The third-order valence-electron chi connectivity index (χ3n) is 5.64. The third-order valence-corrected chi connectivity index (χ3v) is 5.64. The van der Waals surface area contributed by atoms with Crippen LogP contribution in [0.15, 0.2) is 42.7 Å². The summed E-state index contributed by atoms with van der Waals surface area (Å²) >= 11 is 0. The molecule has 1 aliphatic heterocycles. The van der Waals surface area contributed by atoms with E-state index >= 15 is 0 Å². The number of carbonyl (C=O) groups is 1. The number of aromatic nitrogens is 3. The lowest BCUT2D eigenvalue weighted by Gasteiger charge is -2.36. The Bertz CT molecular complexity index is 1200. The quantitative estimate of drug-likeness (QED) is 0.587. The largest absolute Gasteiger partial charge is 0.424 e. The lowest BCUT2D eigenvalue weighted by atomic mass is 10.0. The summed E-state index contributed by atoms with van der Waals surface area (Å²) in [5, 5.41) is 10.1. The first kappa shape index (κ1) is 22.8. The number of aliphatic hydroxyl groups is 1. The van der Waals surface area contributed by atoms with E-state index in [0.717, 1.165) is 18.3 Å². The monoisotopic (exact) mass is 466 g/mol. The summed E-state index contributed by atoms with van der Waals surface area (Å²) < 4.78 is 68.8. The fourth-order valence-electron chi connectivity index (χ4n) is 3.88. The number of halogens is 5. The first-order valence-electron chi connectivity index (χ1n) is 9.96. The van der Waals surface area contributed by atoms with Crippen LogP contribution in [0.5, 0.6) is 0 Å². The van der Waals surface area contributed by atoms with Gasteiger partial charge in [0.2, 0.25) is 5.60 Å². The summed E-state index contributed by atoms with van der Waals surface area (Å²) in [5.74, 6) is -2.25. The van der Waals surface area contributed by atoms with Crippen molar-refractivity contribution in [3.8, 4) is 11.3 Å². The number of pyridine rings is 1. The zero-order valence-electron chi connectivity index (χ0n) is 17.6. The number of carbonyl (C=O) groups excluding carboxylic acids is 1. The molecule has 0 fully saturated rings. The van der Waals surface area contributed by atoms with E-state index in [1.165, 1.54) is 33.9 Å². The molecule has 0 bridgehead atoms. The standard InChI is InChI=1S/C22H19F5N4O2/c1-12-10-30(11-15-9-29-20(31(12)15)21(2,33)22(25,26)27)19(32)13-3-5-17(24)16(7-13)18-6-4-14(23)8-28-18/h3-9,12,33H,10-11H2,1-2H3/t12-,21+/m0/s1. The number of benzene rings is 1. The maximum absolute atomic E-state index is 14.3. The van der Waals surface area contributed by atoms with Crippen molar-refractivity contribution in [3.05, 3.63) is 71.4 Å². The van der Waals surface area contributed by atoms with Crippen molar-refractivity contribution in [2.75, 3.05) is 6.54 Å². The van der Waals surface area contributed by atoms with Crippen LogP contribution in [-0.4, -0.2) is 43.2 Å². The molecule has 33 heavy (non-hydrogen) atoms. The Labute approximate surface area is 185 Å². The number of imidazole rings is 1. The van der Waals surface area contributed by atoms with Gasteiger partial charge in [-0.15, -0.1) is 0 Å². The molecule has 6 nitrogen and oxygen atoms in total. The molecule has 11 heteroatoms. The Kier molecular flexibility index (Phi) is 5.47. The number of amides is 1. The Morgan fingerprint density at radius 2 is 1.85 bits per heavy atom. The van der Waals surface area contributed by atoms with Crippen molar-refractivity contribution >= 4 is 5.91 Å². The molecule has 3 heterocycles. The van der Waals surface area contributed by atoms with Crippen molar-refractivity contribution < 1.29 is 31.9 Å². The van der Waals surface area contributed by atoms with E-state index in [4.69, 9.17) is 0 Å². The van der Waals surface area contributed by atoms with E-state index in [0.29, 0.717) is 12.6 Å². The highest BCUT2D eigenvalue weighted by atomic mass is 19.4. The zero-order valence-corrected chi connectivity index (χ0v) is 17.6. The van der Waals surface area contributed by atoms with Gasteiger partial charge in [0, 0.05) is 17.7 Å². The summed E-state index contributed by atoms with van der Waals surface area (Å²) in [6, 6.07) is 5.50. The van der Waals surface area contributed by atoms with Crippen LogP contribution in [0.25, 0.3) is 11.3 Å². The van der Waals surface area contributed by atoms with E-state index in [9.17, 15) is 31.9 Å². The molecule has 0 radical (unpaired) electrons. The fourth-order valence-corrected chi connectivity index (χ4v) is 3.88. The molecule has 1 aromatic carbocycles. The van der Waals surface area contributed by atoms with Crippen molar-refractivity contribution in [1.29, 1.82) is 0 Å². The van der Waals surface area contributed by atoms with Gasteiger partial charge in [-0.2, -0.15) is 13.2 Å². The summed E-state index contributed by atoms with van der Waals surface area (Å²) in [5.41, 5.74) is -2.53. The van der Waals surface area contributed by atoms with E-state index in [2.05, 4.69) is 9.97 Å². The summed E-state index contributed by atoms with van der Waals surface area (Å²) in [7, 11) is 0. The van der Waals surface area contributed by atoms with Crippen LogP contribution in [0.3, 0.4) is 0 Å². The highest BCUT2D eigenvalue weighted by molar-refractivity contribution is 5.95. The second-order valence-electron chi connectivity index (χ2n) is 8.10. The minimum atomic E-state index is -4.93. The second kappa shape index (κ2) is 7.91. The van der Waals surface area contributed by atoms with Gasteiger partial charge in [0.25, 0.3) is 5.91 Å². The van der Waals surface area contributed by atoms with Crippen molar-refractivity contribution in [1.82, 2.24) is 19.4 Å². The Balaban J connectivity index is 1.64. The molecule has 4 rings (SSSR count). The van der Waals surface area contributed by atoms with Crippen LogP contribution in [0.2, 0.25) is 0 Å². The van der Waals surface area contributed by atoms with Crippen LogP contribution in [-0.2, 0) is 12.1 Å². The third kappa shape index (κ3) is 3.97. The average molecular weight is 466 g/mol. The molecule has 0 saturated heterocycles. The first-order valence-corrected chi connectivity index (χ1v) is 9.96. The molecule has 3 aromatic rings. The van der Waals surface area contributed by atoms with Gasteiger partial charge in [-0.3, -0.25) is 9.78 Å². The summed E-state index contributed by atoms with van der Waals surface area (Å²) in [6.45, 7) is 2.24. The molecular formula is C22H19F5N4O2. The van der Waals surface area contributed by atoms with E-state index < -0.39 is 41.2 Å². The van der Waals surface area contributed by atoms with Crippen molar-refractivity contribution in [3.63, 3.8) is 0 Å². The Hall–Kier alpha value is -3.34. The highest BCUT2D eigenvalue weighted by Gasteiger charge is 2.55. The number of fused-ring (bicyclic) bond motifs is 1. The second-order valence-corrected chi connectivity index (χ2v) is 8.10. The van der Waals surface area contributed by atoms with E-state index in [1.807, 2.05) is 0 Å². The van der Waals surface area contributed by atoms with Gasteiger partial charge < -0.3 is 14.6 Å². The zero-order chi connectivity index (χ0) is 24.1. The molecule has 0 unspecified atom stereocenters. The predicted molar refractivity (Wildman–Crippen MR) is 107 cm³/mol. The number of hydrogen-bond donors (Lipinski definition) is 1. The molecule has 174 valence electrons. The van der Waals surface area contributed by atoms with Gasteiger partial charge in [-0.1, -0.05) is 0 Å². The molecule has 0 saturated carbocycles. The minimum Gasteiger partial charge on any atom is -0.374 e. The smallest absolute Gasteiger partial charge is 0.374 e. The van der Waals surface area contributed by atoms with Crippen LogP contribution in [0.1, 0.15) is 41.8 Å². The van der Waals surface area contributed by atoms with E-state index in [1.54, 1.807) is 6.92 Å². The van der Waals surface area contributed by atoms with Gasteiger partial charge >= 0.3 is 6.18 Å². The van der Waals surface area contributed by atoms with Crippen molar-refractivity contribution in [2.24, 2.45) is 0 Å². The number of rotatable bonds is 3. The molecule has 2 aromatic heterocycles.